The third kappa shape index (κ3) is 6.51. The van der Waals surface area contributed by atoms with Gasteiger partial charge in [0.15, 0.2) is 0 Å². The van der Waals surface area contributed by atoms with E-state index >= 15 is 0 Å². The Kier molecular flexibility index (Phi) is 12.0. The zero-order valence-corrected chi connectivity index (χ0v) is 34.0. The van der Waals surface area contributed by atoms with Crippen molar-refractivity contribution < 1.29 is 59.1 Å². The van der Waals surface area contributed by atoms with Crippen LogP contribution in [0.5, 0.6) is 0 Å². The van der Waals surface area contributed by atoms with E-state index in [4.69, 9.17) is 9.47 Å². The Labute approximate surface area is 325 Å². The number of nitrogens with zero attached hydrogens (tertiary/aromatic N) is 1. The molecule has 13 nitrogen and oxygen atoms in total. The standard InChI is InChI=1S/C21H33NO6.C21H32O6/c1-12-5-7-21-8-6-14(24)17(21)20(12,4)15(28-16(25)10-23)9-19(3,11-22-27)18(26)13(21)2;1-12-5-7-21-8-6-14(24)17(21)20(12,4)15(27-16(25)10-22)9-19(3,11-23)18(26)13(21)2/h11-13,15,17-18,23,26-27H,5-10H2,1-4H3;11-13,15,17-18,22,26H,5-10H2,1-4H3/b22-11+;/t2*12-,13+,15-,17+,18+,19+,20+,21+/m11/s1. The smallest absolute Gasteiger partial charge is 0.332 e. The van der Waals surface area contributed by atoms with Crippen LogP contribution in [-0.4, -0.2) is 99.3 Å². The van der Waals surface area contributed by atoms with Gasteiger partial charge in [0.25, 0.3) is 0 Å². The minimum atomic E-state index is -1.08. The van der Waals surface area contributed by atoms with Crippen LogP contribution >= 0.6 is 0 Å². The van der Waals surface area contributed by atoms with Crippen LogP contribution in [0.15, 0.2) is 5.16 Å². The van der Waals surface area contributed by atoms with Gasteiger partial charge in [-0.1, -0.05) is 55.4 Å². The van der Waals surface area contributed by atoms with E-state index in [0.717, 1.165) is 32.0 Å². The molecule has 0 heterocycles. The van der Waals surface area contributed by atoms with Crippen molar-refractivity contribution in [1.82, 2.24) is 0 Å². The third-order valence-electron chi connectivity index (χ3n) is 17.1. The number of ketones is 2. The summed E-state index contributed by atoms with van der Waals surface area (Å²) in [6, 6.07) is 0. The Hall–Kier alpha value is -2.74. The molecule has 0 aromatic carbocycles. The van der Waals surface area contributed by atoms with Crippen LogP contribution < -0.4 is 0 Å². The number of carbonyl (C=O) groups is 5. The molecular formula is C42H65NO12. The lowest BCUT2D eigenvalue weighted by Gasteiger charge is -2.61. The second kappa shape index (κ2) is 15.2. The maximum atomic E-state index is 13.1. The van der Waals surface area contributed by atoms with Gasteiger partial charge in [0.05, 0.1) is 23.8 Å². The lowest BCUT2D eigenvalue weighted by molar-refractivity contribution is -0.210. The average Bonchev–Trinajstić information content (AvgIpc) is 3.70. The molecule has 0 aromatic rings. The molecule has 0 aliphatic heterocycles. The first-order valence-electron chi connectivity index (χ1n) is 20.3. The molecule has 0 aromatic heterocycles. The zero-order chi connectivity index (χ0) is 41.1. The zero-order valence-electron chi connectivity index (χ0n) is 34.0. The molecule has 13 heteroatoms. The number of aliphatic hydroxyl groups excluding tert-OH is 4. The van der Waals surface area contributed by atoms with Crippen LogP contribution in [0.25, 0.3) is 0 Å². The van der Waals surface area contributed by atoms with Gasteiger partial charge in [0.2, 0.25) is 0 Å². The number of aliphatic hydroxyl groups is 4. The first-order chi connectivity index (χ1) is 25.6. The summed E-state index contributed by atoms with van der Waals surface area (Å²) in [5, 5.41) is 53.5. The van der Waals surface area contributed by atoms with Crippen molar-refractivity contribution in [1.29, 1.82) is 0 Å². The molecule has 0 saturated heterocycles. The highest BCUT2D eigenvalue weighted by Crippen LogP contribution is 2.69. The SMILES string of the molecule is C[C@@H]1CC[C@@]23CCC(=O)[C@H]2[C@]1(C)[C@H](OC(=O)CO)C[C@@](C)(/C=N/O)[C@@H](O)[C@@H]3C.C[C@@H]1CC[C@@]23CCC(=O)[C@H]2[C@]1(C)[C@H](OC(=O)CO)C[C@@](C)(C=O)[C@@H](O)[C@@H]3C. The Morgan fingerprint density at radius 2 is 1.09 bits per heavy atom. The van der Waals surface area contributed by atoms with Gasteiger partial charge in [0, 0.05) is 40.9 Å². The topological polar surface area (TPSA) is 217 Å². The molecule has 0 amide bonds. The first kappa shape index (κ1) is 43.4. The Morgan fingerprint density at radius 3 is 1.45 bits per heavy atom. The van der Waals surface area contributed by atoms with Crippen LogP contribution in [-0.2, 0) is 33.4 Å². The summed E-state index contributed by atoms with van der Waals surface area (Å²) in [5.74, 6) is -1.90. The number of Topliss-reactive ketones (excluding diaryl/α,β-unsaturated/α-hetero) is 2. The van der Waals surface area contributed by atoms with Gasteiger partial charge in [-0.25, -0.2) is 9.59 Å². The molecule has 6 aliphatic rings. The fourth-order valence-electron chi connectivity index (χ4n) is 13.4. The van der Waals surface area contributed by atoms with Crippen molar-refractivity contribution in [2.45, 2.75) is 144 Å². The van der Waals surface area contributed by atoms with E-state index in [-0.39, 0.29) is 70.7 Å². The first-order valence-corrected chi connectivity index (χ1v) is 20.3. The van der Waals surface area contributed by atoms with Crippen LogP contribution in [0.2, 0.25) is 0 Å². The van der Waals surface area contributed by atoms with Crippen LogP contribution in [0, 0.1) is 68.0 Å². The molecule has 0 spiro atoms. The van der Waals surface area contributed by atoms with Crippen LogP contribution in [0.1, 0.15) is 120 Å². The second-order valence-electron chi connectivity index (χ2n) is 19.4. The Balaban J connectivity index is 0.000000211. The van der Waals surface area contributed by atoms with Gasteiger partial charge in [-0.15, -0.1) is 5.16 Å². The molecule has 0 unspecified atom stereocenters. The Bertz CT molecular complexity index is 1550. The molecule has 5 N–H and O–H groups in total. The summed E-state index contributed by atoms with van der Waals surface area (Å²) in [7, 11) is 0. The summed E-state index contributed by atoms with van der Waals surface area (Å²) >= 11 is 0. The summed E-state index contributed by atoms with van der Waals surface area (Å²) in [6.07, 6.45) is 5.06. The molecule has 6 aliphatic carbocycles. The molecule has 310 valence electrons. The Morgan fingerprint density at radius 1 is 0.709 bits per heavy atom. The minimum Gasteiger partial charge on any atom is -0.460 e. The van der Waals surface area contributed by atoms with Crippen molar-refractivity contribution in [3.63, 3.8) is 0 Å². The fraction of sp³-hybridized carbons (Fsp3) is 0.857. The largest absolute Gasteiger partial charge is 0.460 e. The number of rotatable bonds is 6. The van der Waals surface area contributed by atoms with E-state index in [2.05, 4.69) is 19.0 Å². The van der Waals surface area contributed by atoms with Gasteiger partial charge >= 0.3 is 11.9 Å². The summed E-state index contributed by atoms with van der Waals surface area (Å²) < 4.78 is 11.4. The summed E-state index contributed by atoms with van der Waals surface area (Å²) in [6.45, 7) is 14.2. The van der Waals surface area contributed by atoms with Gasteiger partial charge in [-0.2, -0.15) is 0 Å². The maximum Gasteiger partial charge on any atom is 0.332 e. The minimum absolute atomic E-state index is 0.118. The van der Waals surface area contributed by atoms with Gasteiger partial charge in [0.1, 0.15) is 43.3 Å². The van der Waals surface area contributed by atoms with Gasteiger partial charge < -0.3 is 39.9 Å². The number of carbonyl (C=O) groups excluding carboxylic acids is 5. The second-order valence-corrected chi connectivity index (χ2v) is 19.4. The highest BCUT2D eigenvalue weighted by atomic mass is 16.6. The number of ether oxygens (including phenoxy) is 2. The van der Waals surface area contributed by atoms with Crippen LogP contribution in [0.3, 0.4) is 0 Å². The number of hydrogen-bond donors (Lipinski definition) is 5. The lowest BCUT2D eigenvalue weighted by atomic mass is 9.44. The normalized spacial score (nSPS) is 49.2. The molecule has 4 bridgehead atoms. The van der Waals surface area contributed by atoms with Crippen LogP contribution in [0.4, 0.5) is 0 Å². The predicted molar refractivity (Wildman–Crippen MR) is 199 cm³/mol. The quantitative estimate of drug-likeness (QED) is 0.0849. The molecule has 6 saturated carbocycles. The van der Waals surface area contributed by atoms with Crippen molar-refractivity contribution in [3.05, 3.63) is 0 Å². The van der Waals surface area contributed by atoms with Gasteiger partial charge in [-0.3, -0.25) is 9.59 Å². The highest BCUT2D eigenvalue weighted by molar-refractivity contribution is 5.86. The lowest BCUT2D eigenvalue weighted by Crippen LogP contribution is -2.63. The van der Waals surface area contributed by atoms with E-state index in [1.807, 2.05) is 27.7 Å². The van der Waals surface area contributed by atoms with Crippen molar-refractivity contribution in [2.75, 3.05) is 13.2 Å². The highest BCUT2D eigenvalue weighted by Gasteiger charge is 2.70. The van der Waals surface area contributed by atoms with Crippen molar-refractivity contribution >= 4 is 36.0 Å². The summed E-state index contributed by atoms with van der Waals surface area (Å²) in [4.78, 5) is 62.3. The molecule has 0 radical (unpaired) electrons. The van der Waals surface area contributed by atoms with E-state index in [0.29, 0.717) is 25.7 Å². The predicted octanol–water partition coefficient (Wildman–Crippen LogP) is 4.06. The molecule has 16 atom stereocenters. The average molecular weight is 776 g/mol. The molecule has 6 fully saturated rings. The van der Waals surface area contributed by atoms with Crippen molar-refractivity contribution in [3.8, 4) is 0 Å². The number of esters is 2. The fourth-order valence-corrected chi connectivity index (χ4v) is 13.4. The number of hydrogen-bond acceptors (Lipinski definition) is 13. The number of oxime groups is 1. The van der Waals surface area contributed by atoms with Crippen molar-refractivity contribution in [2.24, 2.45) is 73.2 Å². The molecule has 6 rings (SSSR count). The summed E-state index contributed by atoms with van der Waals surface area (Å²) in [5.41, 5.74) is -4.01. The maximum absolute atomic E-state index is 13.1. The van der Waals surface area contributed by atoms with E-state index in [9.17, 15) is 49.6 Å². The molecular weight excluding hydrogens is 710 g/mol. The van der Waals surface area contributed by atoms with E-state index in [1.54, 1.807) is 13.8 Å². The molecule has 55 heavy (non-hydrogen) atoms. The number of aldehydes is 1. The van der Waals surface area contributed by atoms with E-state index in [1.165, 1.54) is 6.21 Å². The van der Waals surface area contributed by atoms with E-state index < -0.39 is 71.2 Å². The monoisotopic (exact) mass is 775 g/mol. The van der Waals surface area contributed by atoms with Gasteiger partial charge in [-0.05, 0) is 85.9 Å². The third-order valence-corrected chi connectivity index (χ3v) is 17.1.